The molecule has 3 nitrogen and oxygen atoms in total. The summed E-state index contributed by atoms with van der Waals surface area (Å²) >= 11 is 12.6. The Morgan fingerprint density at radius 2 is 1.76 bits per heavy atom. The molecular formula is C24H19ClF3N3S2. The van der Waals surface area contributed by atoms with Crippen LogP contribution >= 0.6 is 35.8 Å². The predicted molar refractivity (Wildman–Crippen MR) is 132 cm³/mol. The van der Waals surface area contributed by atoms with Gasteiger partial charge in [0.05, 0.1) is 11.3 Å². The van der Waals surface area contributed by atoms with Crippen LogP contribution in [0.4, 0.5) is 13.2 Å². The van der Waals surface area contributed by atoms with Gasteiger partial charge in [-0.25, -0.2) is 5.01 Å². The Balaban J connectivity index is 1.54. The maximum atomic E-state index is 13.0. The zero-order chi connectivity index (χ0) is 23.4. The minimum absolute atomic E-state index is 0.0857. The molecule has 1 heterocycles. The molecule has 3 aromatic carbocycles. The van der Waals surface area contributed by atoms with Crippen LogP contribution in [0.25, 0.3) is 0 Å². The number of nitrogens with zero attached hydrogens (tertiary/aromatic N) is 2. The molecule has 1 aliphatic heterocycles. The van der Waals surface area contributed by atoms with Crippen molar-refractivity contribution >= 4 is 46.6 Å². The molecule has 1 aliphatic rings. The van der Waals surface area contributed by atoms with Crippen LogP contribution in [0.5, 0.6) is 0 Å². The Hall–Kier alpha value is -2.55. The van der Waals surface area contributed by atoms with Gasteiger partial charge in [0.15, 0.2) is 5.11 Å². The first-order valence-corrected chi connectivity index (χ1v) is 11.7. The van der Waals surface area contributed by atoms with Crippen LogP contribution in [-0.2, 0) is 6.18 Å². The minimum Gasteiger partial charge on any atom is -0.301 e. The summed E-state index contributed by atoms with van der Waals surface area (Å²) < 4.78 is 41.9. The lowest BCUT2D eigenvalue weighted by molar-refractivity contribution is -0.137. The van der Waals surface area contributed by atoms with Gasteiger partial charge in [-0.2, -0.15) is 18.3 Å². The number of halogens is 4. The average molecular weight is 506 g/mol. The quantitative estimate of drug-likeness (QED) is 0.301. The van der Waals surface area contributed by atoms with Crippen molar-refractivity contribution in [3.63, 3.8) is 0 Å². The second-order valence-electron chi connectivity index (χ2n) is 7.40. The van der Waals surface area contributed by atoms with Crippen LogP contribution in [0.15, 0.2) is 88.9 Å². The summed E-state index contributed by atoms with van der Waals surface area (Å²) in [4.78, 5) is 0.410. The Bertz CT molecular complexity index is 1150. The second-order valence-corrected chi connectivity index (χ2v) is 9.10. The topological polar surface area (TPSA) is 27.6 Å². The molecular weight excluding hydrogens is 487 g/mol. The molecule has 0 radical (unpaired) electrons. The number of hydrogen-bond acceptors (Lipinski definition) is 3. The van der Waals surface area contributed by atoms with Crippen molar-refractivity contribution in [1.29, 1.82) is 0 Å². The molecule has 0 aromatic heterocycles. The fourth-order valence-corrected chi connectivity index (χ4v) is 4.59. The maximum absolute atomic E-state index is 13.0. The van der Waals surface area contributed by atoms with Crippen molar-refractivity contribution in [1.82, 2.24) is 9.73 Å². The molecule has 0 saturated heterocycles. The summed E-state index contributed by atoms with van der Waals surface area (Å²) in [7, 11) is 0. The molecule has 3 aromatic rings. The third kappa shape index (κ3) is 5.88. The molecule has 0 spiro atoms. The Morgan fingerprint density at radius 3 is 2.45 bits per heavy atom. The van der Waals surface area contributed by atoms with E-state index in [1.165, 1.54) is 6.07 Å². The van der Waals surface area contributed by atoms with Crippen molar-refractivity contribution in [3.8, 4) is 0 Å². The van der Waals surface area contributed by atoms with Gasteiger partial charge in [-0.1, -0.05) is 60.1 Å². The van der Waals surface area contributed by atoms with E-state index in [-0.39, 0.29) is 5.92 Å². The Morgan fingerprint density at radius 1 is 1.03 bits per heavy atom. The van der Waals surface area contributed by atoms with Crippen molar-refractivity contribution in [2.45, 2.75) is 23.4 Å². The van der Waals surface area contributed by atoms with Gasteiger partial charge in [-0.3, -0.25) is 0 Å². The maximum Gasteiger partial charge on any atom is 0.416 e. The normalized spacial score (nSPS) is 16.3. The number of hydrazone groups is 1. The molecule has 0 saturated carbocycles. The molecule has 0 amide bonds. The molecule has 1 unspecified atom stereocenters. The summed E-state index contributed by atoms with van der Waals surface area (Å²) in [5.41, 5.74) is 2.25. The Kier molecular flexibility index (Phi) is 7.26. The van der Waals surface area contributed by atoms with Crippen molar-refractivity contribution < 1.29 is 13.2 Å². The largest absolute Gasteiger partial charge is 0.416 e. The number of nitrogens with one attached hydrogen (secondary N) is 1. The van der Waals surface area contributed by atoms with Gasteiger partial charge in [0.1, 0.15) is 0 Å². The molecule has 1 N–H and O–H groups in total. The van der Waals surface area contributed by atoms with Crippen LogP contribution in [0.3, 0.4) is 0 Å². The summed E-state index contributed by atoms with van der Waals surface area (Å²) in [6.45, 7) is 0.575. The molecule has 0 aliphatic carbocycles. The van der Waals surface area contributed by atoms with E-state index in [1.54, 1.807) is 11.1 Å². The van der Waals surface area contributed by atoms with Gasteiger partial charge >= 0.3 is 6.18 Å². The van der Waals surface area contributed by atoms with E-state index in [0.717, 1.165) is 47.3 Å². The van der Waals surface area contributed by atoms with Gasteiger partial charge in [0.2, 0.25) is 0 Å². The van der Waals surface area contributed by atoms with Gasteiger partial charge < -0.3 is 4.72 Å². The molecule has 0 bridgehead atoms. The molecule has 1 atom stereocenters. The van der Waals surface area contributed by atoms with E-state index in [9.17, 15) is 13.2 Å². The number of thiocarbonyl (C=S) groups is 1. The first kappa shape index (κ1) is 23.6. The van der Waals surface area contributed by atoms with Gasteiger partial charge in [0.25, 0.3) is 0 Å². The summed E-state index contributed by atoms with van der Waals surface area (Å²) in [5, 5.41) is 7.46. The summed E-state index contributed by atoms with van der Waals surface area (Å²) in [6.07, 6.45) is -3.62. The molecule has 33 heavy (non-hydrogen) atoms. The van der Waals surface area contributed by atoms with E-state index in [2.05, 4.69) is 16.9 Å². The van der Waals surface area contributed by atoms with Crippen molar-refractivity contribution in [2.24, 2.45) is 5.10 Å². The smallest absolute Gasteiger partial charge is 0.301 e. The lowest BCUT2D eigenvalue weighted by Crippen LogP contribution is -2.39. The number of hydrogen-bond donors (Lipinski definition) is 1. The third-order valence-electron chi connectivity index (χ3n) is 5.18. The fraction of sp³-hybridized carbons (Fsp3) is 0.167. The van der Waals surface area contributed by atoms with Crippen LogP contribution < -0.4 is 4.72 Å². The van der Waals surface area contributed by atoms with Gasteiger partial charge in [-0.15, -0.1) is 0 Å². The van der Waals surface area contributed by atoms with Crippen LogP contribution in [0.1, 0.15) is 29.0 Å². The standard InChI is InChI=1S/C24H19ClF3N3S2/c25-19-11-9-17(10-12-19)22-21(16-5-2-1-3-6-16)13-14-31(29-22)23(32)30-33-20-8-4-7-18(15-20)24(26,27)28/h1-12,15,21H,13-14H2,(H,30,32). The highest BCUT2D eigenvalue weighted by molar-refractivity contribution is 7.99. The van der Waals surface area contributed by atoms with E-state index in [4.69, 9.17) is 28.9 Å². The summed E-state index contributed by atoms with van der Waals surface area (Å²) in [6, 6.07) is 22.7. The van der Waals surface area contributed by atoms with E-state index >= 15 is 0 Å². The molecule has 9 heteroatoms. The fourth-order valence-electron chi connectivity index (χ4n) is 3.57. The summed E-state index contributed by atoms with van der Waals surface area (Å²) in [5.74, 6) is 0.0857. The highest BCUT2D eigenvalue weighted by Crippen LogP contribution is 2.32. The third-order valence-corrected chi connectivity index (χ3v) is 6.66. The van der Waals surface area contributed by atoms with E-state index in [0.29, 0.717) is 21.6 Å². The highest BCUT2D eigenvalue weighted by Gasteiger charge is 2.31. The average Bonchev–Trinajstić information content (AvgIpc) is 2.83. The molecule has 0 fully saturated rings. The predicted octanol–water partition coefficient (Wildman–Crippen LogP) is 7.13. The molecule has 4 rings (SSSR count). The first-order chi connectivity index (χ1) is 15.8. The van der Waals surface area contributed by atoms with Crippen molar-refractivity contribution in [2.75, 3.05) is 6.54 Å². The van der Waals surface area contributed by atoms with Crippen LogP contribution in [0, 0.1) is 0 Å². The SMILES string of the molecule is FC(F)(F)c1cccc(SNC(=S)N2CCC(c3ccccc3)C(c3ccc(Cl)cc3)=N2)c1. The highest BCUT2D eigenvalue weighted by atomic mass is 35.5. The molecule has 170 valence electrons. The van der Waals surface area contributed by atoms with E-state index < -0.39 is 11.7 Å². The monoisotopic (exact) mass is 505 g/mol. The van der Waals surface area contributed by atoms with Crippen LogP contribution in [-0.4, -0.2) is 22.4 Å². The Labute approximate surface area is 204 Å². The zero-order valence-corrected chi connectivity index (χ0v) is 19.6. The lowest BCUT2D eigenvalue weighted by atomic mass is 9.86. The lowest BCUT2D eigenvalue weighted by Gasteiger charge is -2.31. The number of benzene rings is 3. The number of rotatable bonds is 4. The zero-order valence-electron chi connectivity index (χ0n) is 17.2. The first-order valence-electron chi connectivity index (χ1n) is 10.1. The van der Waals surface area contributed by atoms with Crippen molar-refractivity contribution in [3.05, 3.63) is 101 Å². The van der Waals surface area contributed by atoms with Gasteiger partial charge in [0, 0.05) is 22.4 Å². The number of alkyl halides is 3. The minimum atomic E-state index is -4.39. The van der Waals surface area contributed by atoms with Gasteiger partial charge in [-0.05, 0) is 72.0 Å². The van der Waals surface area contributed by atoms with E-state index in [1.807, 2.05) is 42.5 Å². The second kappa shape index (κ2) is 10.2. The van der Waals surface area contributed by atoms with Crippen LogP contribution in [0.2, 0.25) is 5.02 Å².